The van der Waals surface area contributed by atoms with Crippen molar-refractivity contribution in [3.05, 3.63) is 64.7 Å². The highest BCUT2D eigenvalue weighted by atomic mass is 16.5. The molecule has 6 nitrogen and oxygen atoms in total. The molecule has 1 N–H and O–H groups in total. The fourth-order valence-electron chi connectivity index (χ4n) is 3.07. The zero-order valence-corrected chi connectivity index (χ0v) is 15.8. The number of ether oxygens (including phenoxy) is 1. The van der Waals surface area contributed by atoms with Gasteiger partial charge in [-0.3, -0.25) is 19.2 Å². The number of benzene rings is 2. The third kappa shape index (κ3) is 3.86. The Bertz CT molecular complexity index is 963. The van der Waals surface area contributed by atoms with Crippen molar-refractivity contribution in [1.82, 2.24) is 0 Å². The summed E-state index contributed by atoms with van der Waals surface area (Å²) >= 11 is 0. The normalized spacial score (nSPS) is 13.4. The first-order valence-electron chi connectivity index (χ1n) is 9.19. The van der Waals surface area contributed by atoms with Crippen LogP contribution in [0.5, 0.6) is 0 Å². The second kappa shape index (κ2) is 8.17. The molecule has 3 rings (SSSR count). The molecule has 0 fully saturated rings. The Labute approximate surface area is 162 Å². The van der Waals surface area contributed by atoms with Crippen LogP contribution in [0.4, 0.5) is 5.69 Å². The van der Waals surface area contributed by atoms with Gasteiger partial charge >= 0.3 is 5.97 Å². The van der Waals surface area contributed by atoms with Gasteiger partial charge in [0, 0.05) is 23.1 Å². The summed E-state index contributed by atoms with van der Waals surface area (Å²) in [6.07, 6.45) is 1.09. The molecule has 1 amide bonds. The van der Waals surface area contributed by atoms with Gasteiger partial charge in [0.2, 0.25) is 0 Å². The Balaban J connectivity index is 1.76. The molecular weight excluding hydrogens is 358 g/mol. The van der Waals surface area contributed by atoms with E-state index in [1.54, 1.807) is 42.5 Å². The van der Waals surface area contributed by atoms with E-state index in [1.807, 2.05) is 13.8 Å². The van der Waals surface area contributed by atoms with E-state index in [-0.39, 0.29) is 40.7 Å². The third-order valence-corrected chi connectivity index (χ3v) is 4.80. The molecule has 0 aliphatic heterocycles. The largest absolute Gasteiger partial charge is 0.456 e. The zero-order chi connectivity index (χ0) is 20.3. The molecule has 0 saturated heterocycles. The summed E-state index contributed by atoms with van der Waals surface area (Å²) in [5.74, 6) is -1.42. The minimum atomic E-state index is -0.565. The molecule has 0 heterocycles. The average Bonchev–Trinajstić information content (AvgIpc) is 2.70. The fraction of sp³-hybridized carbons (Fsp3) is 0.273. The number of esters is 1. The first-order chi connectivity index (χ1) is 13.4. The number of anilines is 1. The van der Waals surface area contributed by atoms with E-state index in [2.05, 4.69) is 5.32 Å². The van der Waals surface area contributed by atoms with Crippen LogP contribution in [-0.2, 0) is 14.3 Å². The van der Waals surface area contributed by atoms with Gasteiger partial charge in [-0.05, 0) is 12.0 Å². The topological polar surface area (TPSA) is 89.5 Å². The van der Waals surface area contributed by atoms with E-state index in [9.17, 15) is 19.2 Å². The van der Waals surface area contributed by atoms with Gasteiger partial charge in [-0.25, -0.2) is 0 Å². The van der Waals surface area contributed by atoms with Crippen LogP contribution in [0.15, 0.2) is 42.5 Å². The van der Waals surface area contributed by atoms with E-state index in [4.69, 9.17) is 4.74 Å². The molecule has 144 valence electrons. The van der Waals surface area contributed by atoms with Crippen LogP contribution in [0.2, 0.25) is 0 Å². The van der Waals surface area contributed by atoms with Crippen molar-refractivity contribution in [2.24, 2.45) is 5.92 Å². The zero-order valence-electron chi connectivity index (χ0n) is 15.8. The van der Waals surface area contributed by atoms with Crippen molar-refractivity contribution in [3.8, 4) is 0 Å². The number of hydrogen-bond donors (Lipinski definition) is 1. The van der Waals surface area contributed by atoms with Crippen molar-refractivity contribution in [2.75, 3.05) is 11.9 Å². The standard InChI is InChI=1S/C22H21NO5/c1-3-13(2)11-19(25)28-12-18(24)23-17-10-6-9-16-20(17)22(27)15-8-5-4-7-14(15)21(16)26/h4-10,13H,3,11-12H2,1-2H3,(H,23,24). The molecule has 0 bridgehead atoms. The molecule has 0 radical (unpaired) electrons. The van der Waals surface area contributed by atoms with Gasteiger partial charge in [0.25, 0.3) is 5.91 Å². The first kappa shape index (κ1) is 19.5. The molecule has 1 unspecified atom stereocenters. The molecule has 2 aromatic carbocycles. The smallest absolute Gasteiger partial charge is 0.306 e. The monoisotopic (exact) mass is 379 g/mol. The van der Waals surface area contributed by atoms with Crippen molar-refractivity contribution in [1.29, 1.82) is 0 Å². The number of fused-ring (bicyclic) bond motifs is 2. The lowest BCUT2D eigenvalue weighted by molar-refractivity contribution is -0.148. The number of rotatable bonds is 6. The maximum absolute atomic E-state index is 12.9. The highest BCUT2D eigenvalue weighted by Gasteiger charge is 2.31. The van der Waals surface area contributed by atoms with Crippen LogP contribution in [0.25, 0.3) is 0 Å². The second-order valence-electron chi connectivity index (χ2n) is 6.86. The molecule has 0 aromatic heterocycles. The number of ketones is 2. The summed E-state index contributed by atoms with van der Waals surface area (Å²) in [6.45, 7) is 3.45. The summed E-state index contributed by atoms with van der Waals surface area (Å²) in [7, 11) is 0. The van der Waals surface area contributed by atoms with Gasteiger partial charge in [-0.2, -0.15) is 0 Å². The molecule has 28 heavy (non-hydrogen) atoms. The van der Waals surface area contributed by atoms with E-state index in [0.29, 0.717) is 11.1 Å². The van der Waals surface area contributed by atoms with Gasteiger partial charge in [0.15, 0.2) is 18.2 Å². The quantitative estimate of drug-likeness (QED) is 0.663. The molecular formula is C22H21NO5. The summed E-state index contributed by atoms with van der Waals surface area (Å²) in [5.41, 5.74) is 1.29. The van der Waals surface area contributed by atoms with E-state index >= 15 is 0 Å². The lowest BCUT2D eigenvalue weighted by Crippen LogP contribution is -2.26. The fourth-order valence-corrected chi connectivity index (χ4v) is 3.07. The predicted molar refractivity (Wildman–Crippen MR) is 103 cm³/mol. The molecule has 1 atom stereocenters. The summed E-state index contributed by atoms with van der Waals surface area (Å²) in [6, 6.07) is 11.3. The Kier molecular flexibility index (Phi) is 5.68. The molecule has 2 aromatic rings. The Morgan fingerprint density at radius 2 is 1.61 bits per heavy atom. The predicted octanol–water partition coefficient (Wildman–Crippen LogP) is 3.38. The minimum absolute atomic E-state index is 0.158. The van der Waals surface area contributed by atoms with Crippen LogP contribution in [0, 0.1) is 5.92 Å². The number of carbonyl (C=O) groups is 4. The second-order valence-corrected chi connectivity index (χ2v) is 6.86. The van der Waals surface area contributed by atoms with E-state index in [0.717, 1.165) is 6.42 Å². The van der Waals surface area contributed by atoms with Crippen molar-refractivity contribution < 1.29 is 23.9 Å². The molecule has 0 spiro atoms. The third-order valence-electron chi connectivity index (χ3n) is 4.80. The van der Waals surface area contributed by atoms with Crippen LogP contribution in [0.1, 0.15) is 58.5 Å². The van der Waals surface area contributed by atoms with Crippen molar-refractivity contribution >= 4 is 29.1 Å². The average molecular weight is 379 g/mol. The van der Waals surface area contributed by atoms with Gasteiger partial charge in [-0.15, -0.1) is 0 Å². The number of carbonyl (C=O) groups excluding carboxylic acids is 4. The van der Waals surface area contributed by atoms with Gasteiger partial charge < -0.3 is 10.1 Å². The maximum Gasteiger partial charge on any atom is 0.306 e. The number of nitrogens with one attached hydrogen (secondary N) is 1. The Morgan fingerprint density at radius 3 is 2.29 bits per heavy atom. The highest BCUT2D eigenvalue weighted by molar-refractivity contribution is 6.30. The van der Waals surface area contributed by atoms with Gasteiger partial charge in [0.05, 0.1) is 11.3 Å². The highest BCUT2D eigenvalue weighted by Crippen LogP contribution is 2.31. The van der Waals surface area contributed by atoms with Crippen LogP contribution >= 0.6 is 0 Å². The minimum Gasteiger partial charge on any atom is -0.456 e. The number of amides is 1. The molecule has 1 aliphatic carbocycles. The number of hydrogen-bond acceptors (Lipinski definition) is 5. The summed E-state index contributed by atoms with van der Waals surface area (Å²) in [5, 5.41) is 2.59. The molecule has 0 saturated carbocycles. The van der Waals surface area contributed by atoms with Gasteiger partial charge in [0.1, 0.15) is 0 Å². The van der Waals surface area contributed by atoms with Crippen molar-refractivity contribution in [2.45, 2.75) is 26.7 Å². The Hall–Kier alpha value is -3.28. The summed E-state index contributed by atoms with van der Waals surface area (Å²) in [4.78, 5) is 49.5. The molecule has 6 heteroatoms. The first-order valence-corrected chi connectivity index (χ1v) is 9.19. The van der Waals surface area contributed by atoms with Gasteiger partial charge in [-0.1, -0.05) is 56.7 Å². The van der Waals surface area contributed by atoms with Crippen LogP contribution in [0.3, 0.4) is 0 Å². The lowest BCUT2D eigenvalue weighted by Gasteiger charge is -2.20. The lowest BCUT2D eigenvalue weighted by atomic mass is 9.83. The van der Waals surface area contributed by atoms with Crippen molar-refractivity contribution in [3.63, 3.8) is 0 Å². The summed E-state index contributed by atoms with van der Waals surface area (Å²) < 4.78 is 4.99. The van der Waals surface area contributed by atoms with E-state index in [1.165, 1.54) is 0 Å². The van der Waals surface area contributed by atoms with Crippen LogP contribution < -0.4 is 5.32 Å². The maximum atomic E-state index is 12.9. The van der Waals surface area contributed by atoms with E-state index < -0.39 is 18.5 Å². The Morgan fingerprint density at radius 1 is 0.964 bits per heavy atom. The van der Waals surface area contributed by atoms with Crippen LogP contribution in [-0.4, -0.2) is 30.0 Å². The molecule has 1 aliphatic rings. The SMILES string of the molecule is CCC(C)CC(=O)OCC(=O)Nc1cccc2c1C(=O)c1ccccc1C2=O.